The quantitative estimate of drug-likeness (QED) is 0.248. The Morgan fingerprint density at radius 2 is 1.24 bits per heavy atom. The molecule has 38 heavy (non-hydrogen) atoms. The van der Waals surface area contributed by atoms with Crippen LogP contribution >= 0.6 is 0 Å². The summed E-state index contributed by atoms with van der Waals surface area (Å²) in [6, 6.07) is 15.1. The summed E-state index contributed by atoms with van der Waals surface area (Å²) in [6.45, 7) is 17.2. The van der Waals surface area contributed by atoms with Crippen molar-refractivity contribution >= 4 is 0 Å². The minimum atomic E-state index is -2.40. The van der Waals surface area contributed by atoms with E-state index in [4.69, 9.17) is 0 Å². The molecule has 5 atom stereocenters. The number of benzene rings is 2. The van der Waals surface area contributed by atoms with Gasteiger partial charge in [-0.05, 0) is 46.4 Å². The minimum Gasteiger partial charge on any atom is -0.394 e. The third-order valence-electron chi connectivity index (χ3n) is 7.24. The normalized spacial score (nSPS) is 18.2. The van der Waals surface area contributed by atoms with Gasteiger partial charge < -0.3 is 30.6 Å². The summed E-state index contributed by atoms with van der Waals surface area (Å²) in [5, 5.41) is 66.7. The lowest BCUT2D eigenvalue weighted by Crippen LogP contribution is -2.66. The molecular weight excluding hydrogens is 480 g/mol. The molecule has 2 rings (SSSR count). The maximum absolute atomic E-state index is 12.0. The van der Waals surface area contributed by atoms with Gasteiger partial charge in [0.1, 0.15) is 29.5 Å². The Morgan fingerprint density at radius 3 is 1.63 bits per heavy atom. The standard InChI is InChI=1S/C32H48O6/c1-21(2)17-31(37,18-22-11-9-13-24(15-22)29(3,4)5)28(36)32(38,27(35)26(34)20-33)19-23-12-10-14-25(16-23)30(6,7)8/h9-16,26-28,33-38H,1,17-20H2,2-8H3/t26-,27+,28+,31?,32+/m0/s1. The molecule has 0 amide bonds. The van der Waals surface area contributed by atoms with E-state index in [1.54, 1.807) is 13.0 Å². The van der Waals surface area contributed by atoms with E-state index in [0.717, 1.165) is 16.7 Å². The summed E-state index contributed by atoms with van der Waals surface area (Å²) >= 11 is 0. The highest BCUT2D eigenvalue weighted by Gasteiger charge is 2.54. The van der Waals surface area contributed by atoms with E-state index in [0.29, 0.717) is 11.1 Å². The van der Waals surface area contributed by atoms with Crippen LogP contribution in [0.25, 0.3) is 0 Å². The van der Waals surface area contributed by atoms with Crippen LogP contribution in [0.15, 0.2) is 60.7 Å². The van der Waals surface area contributed by atoms with Gasteiger partial charge in [-0.15, -0.1) is 6.58 Å². The van der Waals surface area contributed by atoms with Crippen LogP contribution in [0.4, 0.5) is 0 Å². The third-order valence-corrected chi connectivity index (χ3v) is 7.24. The first-order valence-electron chi connectivity index (χ1n) is 13.3. The van der Waals surface area contributed by atoms with E-state index >= 15 is 0 Å². The van der Waals surface area contributed by atoms with E-state index in [2.05, 4.69) is 48.1 Å². The Balaban J connectivity index is 2.61. The van der Waals surface area contributed by atoms with Crippen molar-refractivity contribution in [2.24, 2.45) is 0 Å². The van der Waals surface area contributed by atoms with Crippen LogP contribution < -0.4 is 0 Å². The lowest BCUT2D eigenvalue weighted by atomic mass is 9.70. The van der Waals surface area contributed by atoms with E-state index in [1.165, 1.54) is 0 Å². The van der Waals surface area contributed by atoms with E-state index < -0.39 is 36.1 Å². The van der Waals surface area contributed by atoms with Crippen molar-refractivity contribution < 1.29 is 30.6 Å². The van der Waals surface area contributed by atoms with Crippen molar-refractivity contribution in [3.63, 3.8) is 0 Å². The zero-order valence-electron chi connectivity index (χ0n) is 24.1. The van der Waals surface area contributed by atoms with Gasteiger partial charge in [-0.25, -0.2) is 0 Å². The summed E-state index contributed by atoms with van der Waals surface area (Å²) in [7, 11) is 0. The second kappa shape index (κ2) is 12.0. The fraction of sp³-hybridized carbons (Fsp3) is 0.562. The first-order valence-corrected chi connectivity index (χ1v) is 13.3. The summed E-state index contributed by atoms with van der Waals surface area (Å²) in [6.07, 6.45) is -5.94. The van der Waals surface area contributed by atoms with Gasteiger partial charge in [0.2, 0.25) is 0 Å². The molecule has 0 aliphatic heterocycles. The zero-order valence-corrected chi connectivity index (χ0v) is 24.1. The molecular formula is C32H48O6. The molecule has 0 aliphatic rings. The lowest BCUT2D eigenvalue weighted by molar-refractivity contribution is -0.228. The Labute approximate surface area is 228 Å². The van der Waals surface area contributed by atoms with E-state index in [1.807, 2.05) is 42.5 Å². The van der Waals surface area contributed by atoms with Crippen LogP contribution in [0.3, 0.4) is 0 Å². The molecule has 6 N–H and O–H groups in total. The second-order valence-electron chi connectivity index (χ2n) is 13.1. The number of aliphatic hydroxyl groups is 6. The average Bonchev–Trinajstić information content (AvgIpc) is 2.81. The number of aliphatic hydroxyl groups excluding tert-OH is 4. The van der Waals surface area contributed by atoms with Crippen LogP contribution in [0, 0.1) is 0 Å². The monoisotopic (exact) mass is 528 g/mol. The first-order chi connectivity index (χ1) is 17.3. The van der Waals surface area contributed by atoms with Crippen molar-refractivity contribution in [1.82, 2.24) is 0 Å². The number of hydrogen-bond donors (Lipinski definition) is 6. The van der Waals surface area contributed by atoms with Crippen molar-refractivity contribution in [3.05, 3.63) is 82.9 Å². The van der Waals surface area contributed by atoms with Gasteiger partial charge in [0.25, 0.3) is 0 Å². The van der Waals surface area contributed by atoms with Crippen LogP contribution in [-0.2, 0) is 23.7 Å². The second-order valence-corrected chi connectivity index (χ2v) is 13.1. The van der Waals surface area contributed by atoms with Crippen molar-refractivity contribution in [3.8, 4) is 0 Å². The highest BCUT2D eigenvalue weighted by molar-refractivity contribution is 5.32. The zero-order chi connectivity index (χ0) is 29.1. The highest BCUT2D eigenvalue weighted by atomic mass is 16.4. The summed E-state index contributed by atoms with van der Waals surface area (Å²) in [5.41, 5.74) is -0.694. The molecule has 2 aromatic carbocycles. The van der Waals surface area contributed by atoms with Crippen LogP contribution in [-0.4, -0.2) is 66.8 Å². The molecule has 6 heteroatoms. The SMILES string of the molecule is C=C(C)CC(O)(Cc1cccc(C(C)(C)C)c1)[C@@H](O)[C@@](O)(Cc1cccc(C(C)(C)C)c1)[C@H](O)[C@@H](O)CO. The molecule has 0 radical (unpaired) electrons. The van der Waals surface area contributed by atoms with Gasteiger partial charge in [-0.1, -0.05) is 95.6 Å². The van der Waals surface area contributed by atoms with Crippen LogP contribution in [0.5, 0.6) is 0 Å². The lowest BCUT2D eigenvalue weighted by Gasteiger charge is -2.46. The summed E-state index contributed by atoms with van der Waals surface area (Å²) < 4.78 is 0. The largest absolute Gasteiger partial charge is 0.394 e. The summed E-state index contributed by atoms with van der Waals surface area (Å²) in [5.74, 6) is 0. The van der Waals surface area contributed by atoms with Crippen molar-refractivity contribution in [2.45, 2.75) is 108 Å². The Morgan fingerprint density at radius 1 is 0.789 bits per heavy atom. The number of hydrogen-bond acceptors (Lipinski definition) is 6. The molecule has 0 heterocycles. The van der Waals surface area contributed by atoms with Gasteiger partial charge in [-0.2, -0.15) is 0 Å². The fourth-order valence-corrected chi connectivity index (χ4v) is 5.02. The molecule has 0 saturated heterocycles. The van der Waals surface area contributed by atoms with Gasteiger partial charge in [0.15, 0.2) is 0 Å². The maximum Gasteiger partial charge on any atom is 0.126 e. The molecule has 0 fully saturated rings. The maximum atomic E-state index is 12.0. The Bertz CT molecular complexity index is 1080. The molecule has 0 bridgehead atoms. The summed E-state index contributed by atoms with van der Waals surface area (Å²) in [4.78, 5) is 0. The topological polar surface area (TPSA) is 121 Å². The van der Waals surface area contributed by atoms with Crippen LogP contribution in [0.1, 0.15) is 77.1 Å². The minimum absolute atomic E-state index is 0.0305. The van der Waals surface area contributed by atoms with E-state index in [-0.39, 0.29) is 30.1 Å². The predicted octanol–water partition coefficient (Wildman–Crippen LogP) is 3.57. The molecule has 6 nitrogen and oxygen atoms in total. The van der Waals surface area contributed by atoms with Crippen molar-refractivity contribution in [2.75, 3.05) is 6.61 Å². The van der Waals surface area contributed by atoms with Crippen molar-refractivity contribution in [1.29, 1.82) is 0 Å². The van der Waals surface area contributed by atoms with Gasteiger partial charge in [-0.3, -0.25) is 0 Å². The average molecular weight is 529 g/mol. The van der Waals surface area contributed by atoms with Gasteiger partial charge in [0.05, 0.1) is 6.61 Å². The van der Waals surface area contributed by atoms with Gasteiger partial charge >= 0.3 is 0 Å². The molecule has 0 aromatic heterocycles. The Kier molecular flexibility index (Phi) is 10.1. The molecule has 212 valence electrons. The third kappa shape index (κ3) is 7.75. The van der Waals surface area contributed by atoms with Crippen LogP contribution in [0.2, 0.25) is 0 Å². The highest BCUT2D eigenvalue weighted by Crippen LogP contribution is 2.37. The molecule has 0 aliphatic carbocycles. The first kappa shape index (κ1) is 32.2. The van der Waals surface area contributed by atoms with Gasteiger partial charge in [0, 0.05) is 12.8 Å². The molecule has 0 saturated carbocycles. The molecule has 2 aromatic rings. The number of rotatable bonds is 11. The fourth-order valence-electron chi connectivity index (χ4n) is 5.02. The molecule has 1 unspecified atom stereocenters. The smallest absolute Gasteiger partial charge is 0.126 e. The van der Waals surface area contributed by atoms with E-state index in [9.17, 15) is 30.6 Å². The molecule has 0 spiro atoms. The Hall–Kier alpha value is -2.06. The predicted molar refractivity (Wildman–Crippen MR) is 152 cm³/mol.